The van der Waals surface area contributed by atoms with Crippen molar-refractivity contribution in [2.45, 2.75) is 6.92 Å². The summed E-state index contributed by atoms with van der Waals surface area (Å²) in [6, 6.07) is 0. The molecule has 0 aliphatic heterocycles. The van der Waals surface area contributed by atoms with E-state index in [1.807, 2.05) is 0 Å². The standard InChI is InChI=1S/C9H10N4O4S2/c1-5-11-6(3-12(5)2)13(19(16)17)8-7(9(14)15)10-4-18-8/h3-4H,1-2H3,(H,14,15)(H,16,17)/p-1. The summed E-state index contributed by atoms with van der Waals surface area (Å²) in [7, 11) is 1.71. The number of aromatic nitrogens is 3. The fourth-order valence-corrected chi connectivity index (χ4v) is 2.89. The van der Waals surface area contributed by atoms with Crippen LogP contribution in [0.25, 0.3) is 0 Å². The number of carbonyl (C=O) groups is 1. The third kappa shape index (κ3) is 2.50. The van der Waals surface area contributed by atoms with E-state index in [9.17, 15) is 13.6 Å². The van der Waals surface area contributed by atoms with Crippen LogP contribution in [-0.2, 0) is 18.3 Å². The highest BCUT2D eigenvalue weighted by Crippen LogP contribution is 2.32. The minimum atomic E-state index is -2.69. The van der Waals surface area contributed by atoms with E-state index in [-0.39, 0.29) is 16.5 Å². The lowest BCUT2D eigenvalue weighted by Crippen LogP contribution is -2.21. The molecule has 0 aromatic carbocycles. The molecule has 0 radical (unpaired) electrons. The molecule has 0 amide bonds. The van der Waals surface area contributed by atoms with Crippen LogP contribution < -0.4 is 4.31 Å². The van der Waals surface area contributed by atoms with Gasteiger partial charge in [0, 0.05) is 13.2 Å². The minimum Gasteiger partial charge on any atom is -0.755 e. The summed E-state index contributed by atoms with van der Waals surface area (Å²) < 4.78 is 25.2. The van der Waals surface area contributed by atoms with Crippen LogP contribution in [0, 0.1) is 6.92 Å². The van der Waals surface area contributed by atoms with E-state index in [1.165, 1.54) is 11.7 Å². The monoisotopic (exact) mass is 301 g/mol. The van der Waals surface area contributed by atoms with Crippen molar-refractivity contribution >= 4 is 39.4 Å². The molecule has 0 aliphatic carbocycles. The summed E-state index contributed by atoms with van der Waals surface area (Å²) in [6.45, 7) is 1.71. The van der Waals surface area contributed by atoms with Gasteiger partial charge in [-0.25, -0.2) is 19.1 Å². The smallest absolute Gasteiger partial charge is 0.357 e. The number of anilines is 2. The Morgan fingerprint density at radius 3 is 2.79 bits per heavy atom. The van der Waals surface area contributed by atoms with Crippen molar-refractivity contribution < 1.29 is 18.7 Å². The lowest BCUT2D eigenvalue weighted by atomic mass is 10.4. The van der Waals surface area contributed by atoms with Gasteiger partial charge in [-0.1, -0.05) is 0 Å². The zero-order valence-electron chi connectivity index (χ0n) is 9.93. The van der Waals surface area contributed by atoms with Crippen LogP contribution in [0.2, 0.25) is 0 Å². The number of hydrogen-bond acceptors (Lipinski definition) is 6. The molecule has 0 saturated heterocycles. The van der Waals surface area contributed by atoms with Gasteiger partial charge in [-0.15, -0.1) is 11.3 Å². The molecule has 102 valence electrons. The van der Waals surface area contributed by atoms with Crippen LogP contribution in [0.4, 0.5) is 10.8 Å². The third-order valence-corrected chi connectivity index (χ3v) is 3.98. The molecule has 0 fully saturated rings. The maximum atomic E-state index is 11.4. The van der Waals surface area contributed by atoms with Gasteiger partial charge in [-0.3, -0.25) is 4.21 Å². The highest BCUT2D eigenvalue weighted by atomic mass is 32.2. The molecule has 1 N–H and O–H groups in total. The molecule has 0 bridgehead atoms. The Morgan fingerprint density at radius 2 is 2.32 bits per heavy atom. The zero-order chi connectivity index (χ0) is 14.2. The first-order valence-electron chi connectivity index (χ1n) is 4.98. The number of aromatic carboxylic acids is 1. The van der Waals surface area contributed by atoms with Crippen molar-refractivity contribution in [3.8, 4) is 0 Å². The van der Waals surface area contributed by atoms with Crippen molar-refractivity contribution in [3.05, 3.63) is 23.2 Å². The number of nitrogens with zero attached hydrogens (tertiary/aromatic N) is 4. The van der Waals surface area contributed by atoms with Crippen LogP contribution in [0.1, 0.15) is 16.3 Å². The van der Waals surface area contributed by atoms with Crippen LogP contribution in [-0.4, -0.2) is 34.4 Å². The fraction of sp³-hybridized carbons (Fsp3) is 0.222. The molecular formula is C9H9N4O4S2-. The maximum Gasteiger partial charge on any atom is 0.357 e. The van der Waals surface area contributed by atoms with Crippen molar-refractivity contribution in [1.82, 2.24) is 14.5 Å². The topological polar surface area (TPSA) is 111 Å². The number of imidazole rings is 1. The second-order valence-corrected chi connectivity index (χ2v) is 5.21. The second-order valence-electron chi connectivity index (χ2n) is 3.58. The van der Waals surface area contributed by atoms with Crippen LogP contribution in [0.3, 0.4) is 0 Å². The van der Waals surface area contributed by atoms with E-state index in [0.717, 1.165) is 15.6 Å². The lowest BCUT2D eigenvalue weighted by Gasteiger charge is -2.22. The van der Waals surface area contributed by atoms with Gasteiger partial charge in [0.2, 0.25) is 0 Å². The van der Waals surface area contributed by atoms with E-state index in [0.29, 0.717) is 5.82 Å². The average molecular weight is 301 g/mol. The van der Waals surface area contributed by atoms with Gasteiger partial charge in [-0.2, -0.15) is 0 Å². The Balaban J connectivity index is 2.55. The molecule has 19 heavy (non-hydrogen) atoms. The normalized spacial score (nSPS) is 12.4. The van der Waals surface area contributed by atoms with E-state index in [4.69, 9.17) is 5.11 Å². The molecular weight excluding hydrogens is 292 g/mol. The molecule has 10 heteroatoms. The number of aryl methyl sites for hydroxylation is 2. The van der Waals surface area contributed by atoms with Gasteiger partial charge in [0.15, 0.2) is 11.5 Å². The van der Waals surface area contributed by atoms with Gasteiger partial charge in [0.05, 0.1) is 16.8 Å². The largest absolute Gasteiger partial charge is 0.755 e. The van der Waals surface area contributed by atoms with E-state index in [2.05, 4.69) is 9.97 Å². The molecule has 2 rings (SSSR count). The summed E-state index contributed by atoms with van der Waals surface area (Å²) in [5.74, 6) is -0.564. The first-order chi connectivity index (χ1) is 8.91. The zero-order valence-corrected chi connectivity index (χ0v) is 11.6. The molecule has 1 unspecified atom stereocenters. The first-order valence-corrected chi connectivity index (χ1v) is 6.89. The summed E-state index contributed by atoms with van der Waals surface area (Å²) in [4.78, 5) is 18.7. The number of hydrogen-bond donors (Lipinski definition) is 1. The van der Waals surface area contributed by atoms with Crippen LogP contribution in [0.15, 0.2) is 11.7 Å². The predicted octanol–water partition coefficient (Wildman–Crippen LogP) is 0.815. The first kappa shape index (κ1) is 13.6. The summed E-state index contributed by atoms with van der Waals surface area (Å²) >= 11 is -1.77. The molecule has 0 saturated carbocycles. The van der Waals surface area contributed by atoms with E-state index >= 15 is 0 Å². The predicted molar refractivity (Wildman–Crippen MR) is 68.1 cm³/mol. The molecule has 0 spiro atoms. The number of thiazole rings is 1. The quantitative estimate of drug-likeness (QED) is 0.837. The Morgan fingerprint density at radius 1 is 1.63 bits per heavy atom. The molecule has 2 heterocycles. The Labute approximate surface area is 114 Å². The Kier molecular flexibility index (Phi) is 3.64. The summed E-state index contributed by atoms with van der Waals surface area (Å²) in [5, 5.41) is 8.98. The van der Waals surface area contributed by atoms with Crippen molar-refractivity contribution in [2.24, 2.45) is 7.05 Å². The summed E-state index contributed by atoms with van der Waals surface area (Å²) in [6.07, 6.45) is 1.50. The van der Waals surface area contributed by atoms with E-state index < -0.39 is 17.2 Å². The highest BCUT2D eigenvalue weighted by Gasteiger charge is 2.23. The summed E-state index contributed by atoms with van der Waals surface area (Å²) in [5.41, 5.74) is 0.951. The fourth-order valence-electron chi connectivity index (χ4n) is 1.42. The maximum absolute atomic E-state index is 11.4. The number of carboxylic acids is 1. The average Bonchev–Trinajstić information content (AvgIpc) is 2.88. The molecule has 8 nitrogen and oxygen atoms in total. The van der Waals surface area contributed by atoms with Crippen molar-refractivity contribution in [2.75, 3.05) is 4.31 Å². The van der Waals surface area contributed by atoms with Crippen molar-refractivity contribution in [3.63, 3.8) is 0 Å². The molecule has 2 aromatic rings. The Hall–Kier alpha value is -1.78. The van der Waals surface area contributed by atoms with Crippen LogP contribution in [0.5, 0.6) is 0 Å². The number of rotatable bonds is 4. The lowest BCUT2D eigenvalue weighted by molar-refractivity contribution is 0.0692. The number of carboxylic acid groups (broad SMARTS) is 1. The molecule has 2 aromatic heterocycles. The van der Waals surface area contributed by atoms with Gasteiger partial charge in [0.25, 0.3) is 0 Å². The molecule has 0 aliphatic rings. The minimum absolute atomic E-state index is 0.000988. The van der Waals surface area contributed by atoms with E-state index in [1.54, 1.807) is 18.5 Å². The van der Waals surface area contributed by atoms with Gasteiger partial charge in [-0.05, 0) is 6.92 Å². The second kappa shape index (κ2) is 5.07. The highest BCUT2D eigenvalue weighted by molar-refractivity contribution is 7.81. The van der Waals surface area contributed by atoms with Crippen molar-refractivity contribution in [1.29, 1.82) is 0 Å². The SMILES string of the molecule is Cc1nc(N(c2scnc2C(=O)O)S(=O)[O-])cn1C. The Bertz CT molecular complexity index is 631. The van der Waals surface area contributed by atoms with Gasteiger partial charge >= 0.3 is 5.97 Å². The van der Waals surface area contributed by atoms with Gasteiger partial charge in [0.1, 0.15) is 10.8 Å². The van der Waals surface area contributed by atoms with Crippen LogP contribution >= 0.6 is 11.3 Å². The third-order valence-electron chi connectivity index (χ3n) is 2.39. The van der Waals surface area contributed by atoms with Gasteiger partial charge < -0.3 is 14.2 Å². The molecule has 1 atom stereocenters.